The molecule has 0 amide bonds. The van der Waals surface area contributed by atoms with E-state index in [-0.39, 0.29) is 5.69 Å². The van der Waals surface area contributed by atoms with Crippen LogP contribution in [0, 0.1) is 66.7 Å². The number of nitriles is 1. The summed E-state index contributed by atoms with van der Waals surface area (Å²) in [4.78, 5) is 0. The number of benzene rings is 10. The fraction of sp³-hybridized carbons (Fsp3) is 0.129. The molecule has 12 aromatic rings. The van der Waals surface area contributed by atoms with Gasteiger partial charge in [0.25, 0.3) is 0 Å². The number of rotatable bonds is 7. The number of hydrogen-bond donors (Lipinski definition) is 0. The van der Waals surface area contributed by atoms with Gasteiger partial charge in [-0.15, -0.1) is 0 Å². The van der Waals surface area contributed by atoms with Gasteiger partial charge < -0.3 is 9.13 Å². The Morgan fingerprint density at radius 2 is 0.658 bits per heavy atom. The maximum atomic E-state index is 16.6. The fourth-order valence-corrected chi connectivity index (χ4v) is 12.0. The van der Waals surface area contributed by atoms with Gasteiger partial charge in [-0.25, -0.2) is 0 Å². The third-order valence-corrected chi connectivity index (χ3v) is 15.0. The molecule has 370 valence electrons. The first kappa shape index (κ1) is 48.0. The average Bonchev–Trinajstić information content (AvgIpc) is 3.94. The summed E-state index contributed by atoms with van der Waals surface area (Å²) in [5.74, 6) is 0. The molecule has 0 bridgehead atoms. The zero-order valence-corrected chi connectivity index (χ0v) is 43.8. The van der Waals surface area contributed by atoms with Gasteiger partial charge >= 0.3 is 6.18 Å². The lowest BCUT2D eigenvalue weighted by Gasteiger charge is -2.22. The Morgan fingerprint density at radius 3 is 0.974 bits per heavy atom. The number of halogens is 3. The van der Waals surface area contributed by atoms with Gasteiger partial charge in [-0.1, -0.05) is 154 Å². The molecule has 3 nitrogen and oxygen atoms in total. The summed E-state index contributed by atoms with van der Waals surface area (Å²) in [5.41, 5.74) is 21.2. The Hall–Kier alpha value is -8.92. The molecule has 0 saturated heterocycles. The average molecular weight is 994 g/mol. The molecule has 0 aliphatic rings. The molecule has 0 aliphatic carbocycles. The van der Waals surface area contributed by atoms with Crippen LogP contribution < -0.4 is 0 Å². The first-order valence-corrected chi connectivity index (χ1v) is 25.7. The van der Waals surface area contributed by atoms with Gasteiger partial charge in [0.2, 0.25) is 0 Å². The van der Waals surface area contributed by atoms with E-state index in [4.69, 9.17) is 0 Å². The van der Waals surface area contributed by atoms with Gasteiger partial charge in [-0.05, 0) is 178 Å². The molecule has 2 aromatic heterocycles. The van der Waals surface area contributed by atoms with Crippen LogP contribution in [0.2, 0.25) is 0 Å². The highest BCUT2D eigenvalue weighted by atomic mass is 19.4. The summed E-state index contributed by atoms with van der Waals surface area (Å²) in [5, 5.41) is 13.8. The van der Waals surface area contributed by atoms with Crippen LogP contribution in [-0.2, 0) is 6.18 Å². The van der Waals surface area contributed by atoms with Crippen molar-refractivity contribution in [2.24, 2.45) is 0 Å². The van der Waals surface area contributed by atoms with Gasteiger partial charge in [0.15, 0.2) is 0 Å². The SMILES string of the molecule is Cc1cc(C)cc(-c2ccc3c(c2)c2cc(-c4cc(C)cc(C)c4)ccc2n3-c2cc(C(F)(F)F)c(-n3c4ccc(-c5cc(C)cc(C)c5)cc4c4cc(-c5cc(C)cc(C)c5)ccc43)cc2-c2cccc(C#N)c2)c1. The molecular formula is C70H54F3N3. The van der Waals surface area contributed by atoms with Crippen LogP contribution >= 0.6 is 0 Å². The minimum atomic E-state index is -4.80. The number of nitrogens with zero attached hydrogens (tertiary/aromatic N) is 3. The van der Waals surface area contributed by atoms with E-state index >= 15 is 13.2 Å². The van der Waals surface area contributed by atoms with Crippen LogP contribution in [0.5, 0.6) is 0 Å². The quantitative estimate of drug-likeness (QED) is 0.157. The predicted octanol–water partition coefficient (Wildman–Crippen LogP) is 19.6. The van der Waals surface area contributed by atoms with Gasteiger partial charge in [0.05, 0.1) is 50.6 Å². The summed E-state index contributed by atoms with van der Waals surface area (Å²) in [6.07, 6.45) is -4.80. The highest BCUT2D eigenvalue weighted by molar-refractivity contribution is 6.14. The molecule has 0 fully saturated rings. The first-order chi connectivity index (χ1) is 36.5. The van der Waals surface area contributed by atoms with Crippen LogP contribution in [0.1, 0.15) is 55.6 Å². The van der Waals surface area contributed by atoms with E-state index < -0.39 is 11.7 Å². The summed E-state index contributed by atoms with van der Waals surface area (Å²) in [6.45, 7) is 16.7. The minimum Gasteiger partial charge on any atom is -0.309 e. The lowest BCUT2D eigenvalue weighted by atomic mass is 9.97. The standard InChI is InChI=1S/C70H54F3N3/c1-40-20-41(2)25-54(24-40)49-12-16-64-59(33-49)60-34-50(55-26-42(3)21-43(4)27-55)13-17-65(60)75(64)68-38-63(70(71,72)73)69(37-58(68)53-11-9-10-48(32-53)39-74)76-66-18-14-51(56-28-44(5)22-45(6)29-56)35-61(66)62-36-52(15-19-67(62)76)57-30-46(7)23-47(8)31-57/h9-38H,1-8H3. The predicted molar refractivity (Wildman–Crippen MR) is 310 cm³/mol. The van der Waals surface area contributed by atoms with Crippen LogP contribution in [0.15, 0.2) is 182 Å². The van der Waals surface area contributed by atoms with E-state index in [0.717, 1.165) is 122 Å². The highest BCUT2D eigenvalue weighted by Crippen LogP contribution is 2.47. The molecule has 0 spiro atoms. The lowest BCUT2D eigenvalue weighted by Crippen LogP contribution is -2.13. The van der Waals surface area contributed by atoms with Crippen LogP contribution in [0.3, 0.4) is 0 Å². The number of fused-ring (bicyclic) bond motifs is 6. The van der Waals surface area contributed by atoms with Gasteiger partial charge in [-0.2, -0.15) is 18.4 Å². The van der Waals surface area contributed by atoms with Crippen LogP contribution in [0.25, 0.3) is 111 Å². The van der Waals surface area contributed by atoms with Gasteiger partial charge in [0.1, 0.15) is 0 Å². The molecular weight excluding hydrogens is 940 g/mol. The van der Waals surface area contributed by atoms with E-state index in [2.05, 4.69) is 171 Å². The molecule has 10 aromatic carbocycles. The van der Waals surface area contributed by atoms with E-state index in [9.17, 15) is 5.26 Å². The highest BCUT2D eigenvalue weighted by Gasteiger charge is 2.37. The van der Waals surface area contributed by atoms with Crippen molar-refractivity contribution in [3.8, 4) is 73.1 Å². The molecule has 0 aliphatic heterocycles. The van der Waals surface area contributed by atoms with Crippen LogP contribution in [-0.4, -0.2) is 9.13 Å². The molecule has 0 radical (unpaired) electrons. The Kier molecular flexibility index (Phi) is 11.5. The molecule has 0 N–H and O–H groups in total. The first-order valence-electron chi connectivity index (χ1n) is 25.7. The largest absolute Gasteiger partial charge is 0.418 e. The summed E-state index contributed by atoms with van der Waals surface area (Å²) in [6, 6.07) is 63.2. The normalized spacial score (nSPS) is 11.9. The zero-order valence-electron chi connectivity index (χ0n) is 43.8. The molecule has 12 rings (SSSR count). The van der Waals surface area contributed by atoms with E-state index in [1.165, 1.54) is 6.07 Å². The molecule has 0 unspecified atom stereocenters. The monoisotopic (exact) mass is 993 g/mol. The molecule has 0 atom stereocenters. The lowest BCUT2D eigenvalue weighted by molar-refractivity contribution is -0.137. The van der Waals surface area contributed by atoms with Gasteiger partial charge in [-0.3, -0.25) is 0 Å². The number of hydrogen-bond acceptors (Lipinski definition) is 1. The second-order valence-electron chi connectivity index (χ2n) is 21.2. The third-order valence-electron chi connectivity index (χ3n) is 15.0. The second kappa shape index (κ2) is 18.2. The third kappa shape index (κ3) is 8.52. The van der Waals surface area contributed by atoms with Crippen molar-refractivity contribution in [3.05, 3.63) is 238 Å². The molecule has 2 heterocycles. The Balaban J connectivity index is 1.18. The van der Waals surface area contributed by atoms with Crippen molar-refractivity contribution < 1.29 is 13.2 Å². The molecule has 6 heteroatoms. The number of alkyl halides is 3. The Morgan fingerprint density at radius 1 is 0.329 bits per heavy atom. The summed E-state index contributed by atoms with van der Waals surface area (Å²) < 4.78 is 53.6. The van der Waals surface area contributed by atoms with E-state index in [0.29, 0.717) is 33.4 Å². The van der Waals surface area contributed by atoms with E-state index in [1.807, 2.05) is 47.0 Å². The van der Waals surface area contributed by atoms with Crippen molar-refractivity contribution in [2.45, 2.75) is 61.6 Å². The maximum Gasteiger partial charge on any atom is 0.418 e. The summed E-state index contributed by atoms with van der Waals surface area (Å²) >= 11 is 0. The van der Waals surface area contributed by atoms with Crippen molar-refractivity contribution in [3.63, 3.8) is 0 Å². The van der Waals surface area contributed by atoms with Gasteiger partial charge in [0, 0.05) is 27.1 Å². The van der Waals surface area contributed by atoms with Crippen molar-refractivity contribution in [1.29, 1.82) is 5.26 Å². The fourth-order valence-electron chi connectivity index (χ4n) is 12.0. The topological polar surface area (TPSA) is 33.6 Å². The maximum absolute atomic E-state index is 16.6. The molecule has 0 saturated carbocycles. The zero-order chi connectivity index (χ0) is 52.9. The second-order valence-corrected chi connectivity index (χ2v) is 21.2. The Labute approximate surface area is 441 Å². The van der Waals surface area contributed by atoms with Crippen LogP contribution in [0.4, 0.5) is 13.2 Å². The van der Waals surface area contributed by atoms with Crippen molar-refractivity contribution in [2.75, 3.05) is 0 Å². The van der Waals surface area contributed by atoms with E-state index in [1.54, 1.807) is 28.8 Å². The van der Waals surface area contributed by atoms with Crippen molar-refractivity contribution in [1.82, 2.24) is 9.13 Å². The number of aromatic nitrogens is 2. The smallest absolute Gasteiger partial charge is 0.309 e. The van der Waals surface area contributed by atoms with Crippen molar-refractivity contribution >= 4 is 43.6 Å². The summed E-state index contributed by atoms with van der Waals surface area (Å²) in [7, 11) is 0. The Bertz CT molecular complexity index is 4140. The molecule has 76 heavy (non-hydrogen) atoms. The minimum absolute atomic E-state index is 0.0121. The number of aryl methyl sites for hydroxylation is 8.